The predicted octanol–water partition coefficient (Wildman–Crippen LogP) is 3.17. The number of nitrogens with two attached hydrogens (primary N) is 1. The quantitative estimate of drug-likeness (QED) is 0.537. The zero-order valence-corrected chi connectivity index (χ0v) is 21.0. The van der Waals surface area contributed by atoms with Gasteiger partial charge in [-0.25, -0.2) is 8.42 Å². The van der Waals surface area contributed by atoms with E-state index in [4.69, 9.17) is 10.5 Å². The van der Waals surface area contributed by atoms with Gasteiger partial charge in [0.15, 0.2) is 14.6 Å². The van der Waals surface area contributed by atoms with Gasteiger partial charge >= 0.3 is 0 Å². The van der Waals surface area contributed by atoms with Gasteiger partial charge < -0.3 is 21.1 Å². The molecule has 1 saturated carbocycles. The first-order valence-electron chi connectivity index (χ1n) is 12.0. The molecule has 1 spiro atoms. The Labute approximate surface area is 206 Å². The van der Waals surface area contributed by atoms with E-state index in [9.17, 15) is 18.0 Å². The maximum Gasteiger partial charge on any atom is 0.251 e. The van der Waals surface area contributed by atoms with E-state index in [1.54, 1.807) is 36.4 Å². The fraction of sp³-hybridized carbons (Fsp3) is 0.462. The van der Waals surface area contributed by atoms with Crippen molar-refractivity contribution in [1.29, 1.82) is 0 Å². The highest BCUT2D eigenvalue weighted by Gasteiger charge is 2.59. The van der Waals surface area contributed by atoms with Gasteiger partial charge in [0.05, 0.1) is 4.90 Å². The smallest absolute Gasteiger partial charge is 0.251 e. The van der Waals surface area contributed by atoms with Gasteiger partial charge in [0, 0.05) is 11.6 Å². The van der Waals surface area contributed by atoms with Crippen LogP contribution in [-0.4, -0.2) is 44.1 Å². The first-order valence-corrected chi connectivity index (χ1v) is 13.5. The molecule has 2 fully saturated rings. The van der Waals surface area contributed by atoms with Crippen LogP contribution in [-0.2, 0) is 14.6 Å². The molecule has 1 atom stereocenters. The second-order valence-electron chi connectivity index (χ2n) is 10.0. The molecule has 0 radical (unpaired) electrons. The van der Waals surface area contributed by atoms with E-state index in [0.717, 1.165) is 25.9 Å². The van der Waals surface area contributed by atoms with Crippen molar-refractivity contribution in [2.24, 2.45) is 11.1 Å². The van der Waals surface area contributed by atoms with Gasteiger partial charge in [-0.1, -0.05) is 0 Å². The Morgan fingerprint density at radius 1 is 0.943 bits per heavy atom. The van der Waals surface area contributed by atoms with E-state index in [0.29, 0.717) is 23.5 Å². The molecule has 188 valence electrons. The molecule has 1 aliphatic carbocycles. The number of ether oxygens (including phenoxy) is 1. The molecule has 2 aromatic carbocycles. The molecule has 4 rings (SSSR count). The maximum absolute atomic E-state index is 13.7. The molecule has 1 saturated heterocycles. The van der Waals surface area contributed by atoms with E-state index in [1.165, 1.54) is 12.1 Å². The molecule has 9 heteroatoms. The minimum atomic E-state index is -3.98. The van der Waals surface area contributed by atoms with Crippen LogP contribution in [0.15, 0.2) is 53.4 Å². The molecule has 8 nitrogen and oxygen atoms in total. The number of hydrogen-bond acceptors (Lipinski definition) is 6. The van der Waals surface area contributed by atoms with Crippen LogP contribution in [0.2, 0.25) is 0 Å². The van der Waals surface area contributed by atoms with Crippen LogP contribution < -0.4 is 21.1 Å². The van der Waals surface area contributed by atoms with Gasteiger partial charge in [-0.3, -0.25) is 9.59 Å². The highest BCUT2D eigenvalue weighted by atomic mass is 32.2. The Balaban J connectivity index is 1.50. The lowest BCUT2D eigenvalue weighted by molar-refractivity contribution is -0.120. The molecule has 2 aromatic rings. The largest absolute Gasteiger partial charge is 0.457 e. The number of carbonyl (C=O) groups excluding carboxylic acids is 2. The third-order valence-corrected chi connectivity index (χ3v) is 9.72. The molecule has 35 heavy (non-hydrogen) atoms. The number of nitrogens with one attached hydrogen (secondary N) is 2. The molecule has 4 N–H and O–H groups in total. The van der Waals surface area contributed by atoms with Crippen LogP contribution in [0.25, 0.3) is 0 Å². The molecule has 1 unspecified atom stereocenters. The number of hydrogen-bond donors (Lipinski definition) is 3. The van der Waals surface area contributed by atoms with Crippen molar-refractivity contribution in [3.63, 3.8) is 0 Å². The van der Waals surface area contributed by atoms with Crippen molar-refractivity contribution >= 4 is 21.7 Å². The highest BCUT2D eigenvalue weighted by molar-refractivity contribution is 7.93. The van der Waals surface area contributed by atoms with E-state index in [2.05, 4.69) is 10.6 Å². The van der Waals surface area contributed by atoms with Crippen molar-refractivity contribution in [1.82, 2.24) is 10.6 Å². The molecular weight excluding hydrogens is 466 g/mol. The maximum atomic E-state index is 13.7. The summed E-state index contributed by atoms with van der Waals surface area (Å²) >= 11 is 0. The Morgan fingerprint density at radius 3 is 2.06 bits per heavy atom. The Kier molecular flexibility index (Phi) is 6.92. The lowest BCUT2D eigenvalue weighted by Gasteiger charge is -2.35. The van der Waals surface area contributed by atoms with E-state index in [-0.39, 0.29) is 35.1 Å². The van der Waals surface area contributed by atoms with E-state index >= 15 is 0 Å². The van der Waals surface area contributed by atoms with Crippen molar-refractivity contribution in [3.05, 3.63) is 54.1 Å². The van der Waals surface area contributed by atoms with Gasteiger partial charge in [-0.15, -0.1) is 0 Å². The fourth-order valence-corrected chi connectivity index (χ4v) is 7.35. The highest BCUT2D eigenvalue weighted by Crippen LogP contribution is 2.54. The van der Waals surface area contributed by atoms with Crippen LogP contribution in [0, 0.1) is 5.41 Å². The minimum Gasteiger partial charge on any atom is -0.457 e. The summed E-state index contributed by atoms with van der Waals surface area (Å²) in [6, 6.07) is 12.8. The van der Waals surface area contributed by atoms with Gasteiger partial charge in [0.2, 0.25) is 5.91 Å². The average Bonchev–Trinajstić information content (AvgIpc) is 3.20. The topological polar surface area (TPSA) is 128 Å². The van der Waals surface area contributed by atoms with Crippen molar-refractivity contribution in [3.8, 4) is 11.5 Å². The number of amides is 2. The standard InChI is InChI=1S/C26H33N3O5S/c1-18(2)29-23(30)19-3-5-20(6-4-19)34-21-7-9-22(10-8-21)35(32,33)26(24(27)31)12-11-25(17-26)13-15-28-16-14-25/h3-10,18,28H,11-17H2,1-2H3,(H2,27,31)(H,29,30). The van der Waals surface area contributed by atoms with Gasteiger partial charge in [0.1, 0.15) is 11.5 Å². The number of sulfone groups is 1. The third-order valence-electron chi connectivity index (χ3n) is 7.25. The van der Waals surface area contributed by atoms with Crippen molar-refractivity contribution in [2.75, 3.05) is 13.1 Å². The molecular formula is C26H33N3O5S. The number of primary amides is 1. The molecule has 2 aliphatic rings. The Morgan fingerprint density at radius 2 is 1.51 bits per heavy atom. The number of benzene rings is 2. The monoisotopic (exact) mass is 499 g/mol. The number of piperidine rings is 1. The Bertz CT molecular complexity index is 1190. The summed E-state index contributed by atoms with van der Waals surface area (Å²) in [5, 5.41) is 6.13. The second-order valence-corrected chi connectivity index (χ2v) is 12.3. The summed E-state index contributed by atoms with van der Waals surface area (Å²) in [7, 11) is -3.98. The van der Waals surface area contributed by atoms with Gasteiger partial charge in [-0.2, -0.15) is 0 Å². The summed E-state index contributed by atoms with van der Waals surface area (Å²) in [5.74, 6) is 0.0224. The van der Waals surface area contributed by atoms with E-state index < -0.39 is 20.5 Å². The summed E-state index contributed by atoms with van der Waals surface area (Å²) in [6.45, 7) is 5.43. The SMILES string of the molecule is CC(C)NC(=O)c1ccc(Oc2ccc(S(=O)(=O)C3(C(N)=O)CCC4(CCNCC4)C3)cc2)cc1. The van der Waals surface area contributed by atoms with Crippen LogP contribution >= 0.6 is 0 Å². The summed E-state index contributed by atoms with van der Waals surface area (Å²) in [5.41, 5.74) is 6.11. The molecule has 1 aliphatic heterocycles. The van der Waals surface area contributed by atoms with Crippen LogP contribution in [0.1, 0.15) is 56.3 Å². The molecule has 2 amide bonds. The summed E-state index contributed by atoms with van der Waals surface area (Å²) in [6.07, 6.45) is 2.90. The zero-order chi connectivity index (χ0) is 25.3. The lowest BCUT2D eigenvalue weighted by Crippen LogP contribution is -2.50. The molecule has 0 bridgehead atoms. The van der Waals surface area contributed by atoms with Crippen molar-refractivity contribution < 1.29 is 22.7 Å². The van der Waals surface area contributed by atoms with E-state index in [1.807, 2.05) is 13.8 Å². The normalized spacial score (nSPS) is 21.7. The van der Waals surface area contributed by atoms with Crippen LogP contribution in [0.4, 0.5) is 0 Å². The predicted molar refractivity (Wildman–Crippen MR) is 133 cm³/mol. The first-order chi connectivity index (χ1) is 16.6. The number of rotatable bonds is 7. The fourth-order valence-electron chi connectivity index (χ4n) is 5.27. The zero-order valence-electron chi connectivity index (χ0n) is 20.2. The van der Waals surface area contributed by atoms with Gasteiger partial charge in [0.25, 0.3) is 5.91 Å². The first kappa shape index (κ1) is 25.2. The van der Waals surface area contributed by atoms with Crippen LogP contribution in [0.5, 0.6) is 11.5 Å². The summed E-state index contributed by atoms with van der Waals surface area (Å²) < 4.78 is 31.6. The van der Waals surface area contributed by atoms with Gasteiger partial charge in [-0.05, 0) is 113 Å². The second kappa shape index (κ2) is 9.62. The molecule has 1 heterocycles. The minimum absolute atomic E-state index is 0.0383. The Hall–Kier alpha value is -2.91. The van der Waals surface area contributed by atoms with Crippen LogP contribution in [0.3, 0.4) is 0 Å². The third kappa shape index (κ3) is 4.92. The average molecular weight is 500 g/mol. The summed E-state index contributed by atoms with van der Waals surface area (Å²) in [4.78, 5) is 24.7. The number of carbonyl (C=O) groups is 2. The van der Waals surface area contributed by atoms with Crippen molar-refractivity contribution in [2.45, 2.75) is 61.6 Å². The molecule has 0 aromatic heterocycles. The lowest BCUT2D eigenvalue weighted by atomic mass is 9.77.